The third-order valence-electron chi connectivity index (χ3n) is 3.30. The lowest BCUT2D eigenvalue weighted by molar-refractivity contribution is -0.0403. The summed E-state index contributed by atoms with van der Waals surface area (Å²) in [5.74, 6) is 1.32. The predicted molar refractivity (Wildman–Crippen MR) is 75.0 cm³/mol. The first kappa shape index (κ1) is 16.1. The summed E-state index contributed by atoms with van der Waals surface area (Å²) in [5.41, 5.74) is -0.448. The van der Waals surface area contributed by atoms with Crippen LogP contribution >= 0.6 is 0 Å². The number of nitrogens with one attached hydrogen (secondary N) is 1. The summed E-state index contributed by atoms with van der Waals surface area (Å²) in [6.45, 7) is 12.0. The molecule has 2 unspecified atom stereocenters. The summed E-state index contributed by atoms with van der Waals surface area (Å²) >= 11 is 0. The maximum absolute atomic E-state index is 5.75. The van der Waals surface area contributed by atoms with E-state index in [-0.39, 0.29) is 0 Å². The van der Waals surface area contributed by atoms with Gasteiger partial charge in [0.1, 0.15) is 5.60 Å². The minimum Gasteiger partial charge on any atom is -0.367 e. The minimum atomic E-state index is -0.448. The highest BCUT2D eigenvalue weighted by Crippen LogP contribution is 2.26. The second-order valence-electron chi connectivity index (χ2n) is 5.09. The molecule has 0 saturated heterocycles. The summed E-state index contributed by atoms with van der Waals surface area (Å²) in [6.07, 6.45) is 2.69. The first-order chi connectivity index (χ1) is 9.05. The van der Waals surface area contributed by atoms with Crippen molar-refractivity contribution in [1.82, 2.24) is 15.5 Å². The van der Waals surface area contributed by atoms with Crippen LogP contribution in [0.5, 0.6) is 0 Å². The topological polar surface area (TPSA) is 60.2 Å². The number of ether oxygens (including phenoxy) is 1. The average Bonchev–Trinajstić information content (AvgIpc) is 2.85. The molecule has 19 heavy (non-hydrogen) atoms. The van der Waals surface area contributed by atoms with Gasteiger partial charge in [0.2, 0.25) is 11.7 Å². The van der Waals surface area contributed by atoms with E-state index in [1.54, 1.807) is 0 Å². The van der Waals surface area contributed by atoms with Crippen molar-refractivity contribution in [3.05, 3.63) is 11.7 Å². The molecule has 1 aromatic rings. The van der Waals surface area contributed by atoms with E-state index in [0.29, 0.717) is 24.4 Å². The van der Waals surface area contributed by atoms with Crippen LogP contribution in [0, 0.1) is 0 Å². The smallest absolute Gasteiger partial charge is 0.228 e. The van der Waals surface area contributed by atoms with Crippen molar-refractivity contribution in [2.45, 2.75) is 65.5 Å². The average molecular weight is 269 g/mol. The van der Waals surface area contributed by atoms with E-state index in [1.165, 1.54) is 0 Å². The van der Waals surface area contributed by atoms with Crippen LogP contribution in [0.4, 0.5) is 0 Å². The van der Waals surface area contributed by atoms with Gasteiger partial charge in [-0.05, 0) is 40.2 Å². The fourth-order valence-electron chi connectivity index (χ4n) is 1.92. The van der Waals surface area contributed by atoms with Gasteiger partial charge in [-0.1, -0.05) is 19.0 Å². The summed E-state index contributed by atoms with van der Waals surface area (Å²) < 4.78 is 11.1. The highest BCUT2D eigenvalue weighted by molar-refractivity contribution is 4.99. The normalized spacial score (nSPS) is 16.3. The van der Waals surface area contributed by atoms with Gasteiger partial charge >= 0.3 is 0 Å². The second kappa shape index (κ2) is 7.60. The Hall–Kier alpha value is -0.940. The van der Waals surface area contributed by atoms with E-state index in [4.69, 9.17) is 9.26 Å². The molecule has 110 valence electrons. The first-order valence-corrected chi connectivity index (χ1v) is 7.26. The van der Waals surface area contributed by atoms with E-state index in [0.717, 1.165) is 25.8 Å². The summed E-state index contributed by atoms with van der Waals surface area (Å²) in [4.78, 5) is 4.48. The molecule has 0 saturated carbocycles. The fourth-order valence-corrected chi connectivity index (χ4v) is 1.92. The van der Waals surface area contributed by atoms with Gasteiger partial charge in [0.15, 0.2) is 0 Å². The van der Waals surface area contributed by atoms with Crippen LogP contribution in [0.2, 0.25) is 0 Å². The molecule has 0 aliphatic rings. The molecule has 5 heteroatoms. The zero-order chi connectivity index (χ0) is 14.3. The van der Waals surface area contributed by atoms with Crippen molar-refractivity contribution in [3.8, 4) is 0 Å². The molecule has 0 aliphatic carbocycles. The van der Waals surface area contributed by atoms with Crippen molar-refractivity contribution in [1.29, 1.82) is 0 Å². The van der Waals surface area contributed by atoms with E-state index in [2.05, 4.69) is 36.2 Å². The first-order valence-electron chi connectivity index (χ1n) is 7.26. The van der Waals surface area contributed by atoms with Gasteiger partial charge in [-0.2, -0.15) is 4.98 Å². The Morgan fingerprint density at radius 2 is 2.11 bits per heavy atom. The molecule has 0 fully saturated rings. The predicted octanol–water partition coefficient (Wildman–Crippen LogP) is 2.66. The monoisotopic (exact) mass is 269 g/mol. The maximum atomic E-state index is 5.75. The van der Waals surface area contributed by atoms with Crippen LogP contribution < -0.4 is 5.32 Å². The third-order valence-corrected chi connectivity index (χ3v) is 3.30. The number of aromatic nitrogens is 2. The van der Waals surface area contributed by atoms with Crippen LogP contribution in [0.1, 0.15) is 59.2 Å². The van der Waals surface area contributed by atoms with Gasteiger partial charge in [-0.25, -0.2) is 0 Å². The minimum absolute atomic E-state index is 0.341. The molecule has 1 rings (SSSR count). The molecule has 0 spiro atoms. The summed E-state index contributed by atoms with van der Waals surface area (Å²) in [7, 11) is 0. The quantitative estimate of drug-likeness (QED) is 0.747. The molecular weight excluding hydrogens is 242 g/mol. The van der Waals surface area contributed by atoms with Gasteiger partial charge in [-0.3, -0.25) is 0 Å². The van der Waals surface area contributed by atoms with Crippen molar-refractivity contribution in [2.75, 3.05) is 13.2 Å². The molecule has 0 aliphatic heterocycles. The molecule has 1 heterocycles. The van der Waals surface area contributed by atoms with Crippen molar-refractivity contribution in [3.63, 3.8) is 0 Å². The Labute approximate surface area is 116 Å². The molecule has 0 radical (unpaired) electrons. The Morgan fingerprint density at radius 1 is 1.37 bits per heavy atom. The molecule has 0 aromatic carbocycles. The van der Waals surface area contributed by atoms with Crippen molar-refractivity contribution < 1.29 is 9.26 Å². The summed E-state index contributed by atoms with van der Waals surface area (Å²) in [5, 5.41) is 7.48. The van der Waals surface area contributed by atoms with Gasteiger partial charge in [0.05, 0.1) is 0 Å². The summed E-state index contributed by atoms with van der Waals surface area (Å²) in [6, 6.07) is 0.341. The molecule has 1 aromatic heterocycles. The number of rotatable bonds is 9. The van der Waals surface area contributed by atoms with Crippen LogP contribution in [0.3, 0.4) is 0 Å². The molecule has 0 amide bonds. The Balaban J connectivity index is 2.65. The second-order valence-corrected chi connectivity index (χ2v) is 5.09. The lowest BCUT2D eigenvalue weighted by Crippen LogP contribution is -2.29. The van der Waals surface area contributed by atoms with E-state index >= 15 is 0 Å². The highest BCUT2D eigenvalue weighted by atomic mass is 16.5. The largest absolute Gasteiger partial charge is 0.367 e. The standard InChI is InChI=1S/C14H27N3O2/c1-6-9-15-11(4)10-12-16-13(17-19-12)14(5,7-2)18-8-3/h11,15H,6-10H2,1-5H3. The van der Waals surface area contributed by atoms with Crippen LogP contribution in [-0.2, 0) is 16.8 Å². The van der Waals surface area contributed by atoms with Crippen LogP contribution in [0.25, 0.3) is 0 Å². The fraction of sp³-hybridized carbons (Fsp3) is 0.857. The number of hydrogen-bond acceptors (Lipinski definition) is 5. The Kier molecular flexibility index (Phi) is 6.45. The SMILES string of the molecule is CCCNC(C)Cc1nc(C(C)(CC)OCC)no1. The van der Waals surface area contributed by atoms with Gasteiger partial charge in [0.25, 0.3) is 0 Å². The van der Waals surface area contributed by atoms with Crippen molar-refractivity contribution >= 4 is 0 Å². The van der Waals surface area contributed by atoms with Gasteiger partial charge < -0.3 is 14.6 Å². The third kappa shape index (κ3) is 4.58. The number of nitrogens with zero attached hydrogens (tertiary/aromatic N) is 2. The molecule has 5 nitrogen and oxygen atoms in total. The van der Waals surface area contributed by atoms with E-state index in [9.17, 15) is 0 Å². The lowest BCUT2D eigenvalue weighted by atomic mass is 10.0. The van der Waals surface area contributed by atoms with Gasteiger partial charge in [0, 0.05) is 19.1 Å². The Morgan fingerprint density at radius 3 is 2.68 bits per heavy atom. The molecule has 0 bridgehead atoms. The van der Waals surface area contributed by atoms with Crippen LogP contribution in [-0.4, -0.2) is 29.3 Å². The van der Waals surface area contributed by atoms with Gasteiger partial charge in [-0.15, -0.1) is 0 Å². The number of hydrogen-bond donors (Lipinski definition) is 1. The zero-order valence-corrected chi connectivity index (χ0v) is 12.8. The molecule has 2 atom stereocenters. The Bertz CT molecular complexity index is 367. The maximum Gasteiger partial charge on any atom is 0.228 e. The van der Waals surface area contributed by atoms with Crippen LogP contribution in [0.15, 0.2) is 4.52 Å². The molecule has 1 N–H and O–H groups in total. The zero-order valence-electron chi connectivity index (χ0n) is 12.8. The van der Waals surface area contributed by atoms with E-state index < -0.39 is 5.60 Å². The molecular formula is C14H27N3O2. The van der Waals surface area contributed by atoms with E-state index in [1.807, 2.05) is 13.8 Å². The lowest BCUT2D eigenvalue weighted by Gasteiger charge is -2.23. The van der Waals surface area contributed by atoms with Crippen molar-refractivity contribution in [2.24, 2.45) is 0 Å². The highest BCUT2D eigenvalue weighted by Gasteiger charge is 2.30.